The Balaban J connectivity index is 1.73. The predicted molar refractivity (Wildman–Crippen MR) is 110 cm³/mol. The maximum Gasteiger partial charge on any atom is 0.293 e. The topological polar surface area (TPSA) is 46.6 Å². The molecular weight excluding hydrogens is 382 g/mol. The van der Waals surface area contributed by atoms with Crippen LogP contribution in [0.25, 0.3) is 6.08 Å². The summed E-state index contributed by atoms with van der Waals surface area (Å²) in [6, 6.07) is 14.7. The van der Waals surface area contributed by atoms with Crippen LogP contribution in [0.15, 0.2) is 53.4 Å². The molecule has 1 aliphatic heterocycles. The number of amides is 2. The minimum absolute atomic E-state index is 0.150. The van der Waals surface area contributed by atoms with Crippen LogP contribution in [0.2, 0.25) is 5.02 Å². The van der Waals surface area contributed by atoms with Gasteiger partial charge >= 0.3 is 0 Å². The molecule has 0 radical (unpaired) electrons. The van der Waals surface area contributed by atoms with Gasteiger partial charge in [-0.2, -0.15) is 0 Å². The van der Waals surface area contributed by atoms with Gasteiger partial charge in [-0.1, -0.05) is 48.9 Å². The molecule has 0 aromatic heterocycles. The minimum Gasteiger partial charge on any atom is -0.491 e. The van der Waals surface area contributed by atoms with E-state index in [1.807, 2.05) is 49.4 Å². The standard InChI is InChI=1S/C21H20ClNO3S/c1-3-14(2)26-17-10-8-15(9-11-17)12-19-20(24)23(21(25)27-19)13-16-6-4-5-7-18(16)22/h4-12,14H,3,13H2,1-2H3/b19-12-/t14-/m0/s1. The summed E-state index contributed by atoms with van der Waals surface area (Å²) in [6.07, 6.45) is 2.81. The molecule has 3 rings (SSSR count). The first-order chi connectivity index (χ1) is 13.0. The number of carbonyl (C=O) groups is 2. The zero-order valence-corrected chi connectivity index (χ0v) is 16.7. The fraction of sp³-hybridized carbons (Fsp3) is 0.238. The molecule has 0 unspecified atom stereocenters. The van der Waals surface area contributed by atoms with E-state index in [1.165, 1.54) is 4.90 Å². The van der Waals surface area contributed by atoms with Crippen molar-refractivity contribution in [2.75, 3.05) is 0 Å². The second-order valence-corrected chi connectivity index (χ2v) is 7.67. The van der Waals surface area contributed by atoms with Crippen LogP contribution >= 0.6 is 23.4 Å². The van der Waals surface area contributed by atoms with Crippen LogP contribution in [0.4, 0.5) is 4.79 Å². The number of hydrogen-bond acceptors (Lipinski definition) is 4. The van der Waals surface area contributed by atoms with Gasteiger partial charge in [0.15, 0.2) is 0 Å². The summed E-state index contributed by atoms with van der Waals surface area (Å²) in [5, 5.41) is 0.250. The maximum absolute atomic E-state index is 12.6. The molecule has 0 saturated carbocycles. The van der Waals surface area contributed by atoms with Crippen molar-refractivity contribution in [2.24, 2.45) is 0 Å². The molecule has 0 spiro atoms. The number of hydrogen-bond donors (Lipinski definition) is 0. The number of halogens is 1. The number of nitrogens with zero attached hydrogens (tertiary/aromatic N) is 1. The second-order valence-electron chi connectivity index (χ2n) is 6.27. The Bertz CT molecular complexity index is 879. The van der Waals surface area contributed by atoms with Crippen molar-refractivity contribution in [1.29, 1.82) is 0 Å². The Hall–Kier alpha value is -2.24. The highest BCUT2D eigenvalue weighted by atomic mass is 35.5. The number of ether oxygens (including phenoxy) is 1. The molecule has 1 atom stereocenters. The third kappa shape index (κ3) is 4.73. The average molecular weight is 402 g/mol. The average Bonchev–Trinajstić information content (AvgIpc) is 2.92. The first-order valence-electron chi connectivity index (χ1n) is 8.73. The first kappa shape index (κ1) is 19.5. The lowest BCUT2D eigenvalue weighted by Gasteiger charge is -2.13. The lowest BCUT2D eigenvalue weighted by Crippen LogP contribution is -2.27. The highest BCUT2D eigenvalue weighted by molar-refractivity contribution is 8.18. The number of rotatable bonds is 6. The van der Waals surface area contributed by atoms with E-state index in [1.54, 1.807) is 12.1 Å². The third-order valence-corrected chi connectivity index (χ3v) is 5.53. The summed E-state index contributed by atoms with van der Waals surface area (Å²) in [5.74, 6) is 0.484. The second kappa shape index (κ2) is 8.63. The van der Waals surface area contributed by atoms with Crippen LogP contribution < -0.4 is 4.74 Å². The summed E-state index contributed by atoms with van der Waals surface area (Å²) < 4.78 is 5.75. The molecule has 0 N–H and O–H groups in total. The largest absolute Gasteiger partial charge is 0.491 e. The van der Waals surface area contributed by atoms with Crippen molar-refractivity contribution < 1.29 is 14.3 Å². The Morgan fingerprint density at radius 2 is 1.85 bits per heavy atom. The van der Waals surface area contributed by atoms with Gasteiger partial charge in [0.05, 0.1) is 17.6 Å². The van der Waals surface area contributed by atoms with Crippen molar-refractivity contribution in [3.63, 3.8) is 0 Å². The van der Waals surface area contributed by atoms with E-state index < -0.39 is 0 Å². The lowest BCUT2D eigenvalue weighted by atomic mass is 10.2. The van der Waals surface area contributed by atoms with Crippen molar-refractivity contribution in [1.82, 2.24) is 4.90 Å². The molecule has 4 nitrogen and oxygen atoms in total. The number of thioether (sulfide) groups is 1. The Kier molecular flexibility index (Phi) is 6.24. The van der Waals surface area contributed by atoms with Gasteiger partial charge < -0.3 is 4.74 Å². The van der Waals surface area contributed by atoms with Gasteiger partial charge in [0.1, 0.15) is 5.75 Å². The third-order valence-electron chi connectivity index (χ3n) is 4.25. The molecule has 1 saturated heterocycles. The van der Waals surface area contributed by atoms with E-state index in [4.69, 9.17) is 16.3 Å². The quantitative estimate of drug-likeness (QED) is 0.578. The summed E-state index contributed by atoms with van der Waals surface area (Å²) >= 11 is 7.09. The van der Waals surface area contributed by atoms with Gasteiger partial charge in [-0.15, -0.1) is 0 Å². The lowest BCUT2D eigenvalue weighted by molar-refractivity contribution is -0.123. The first-order valence-corrected chi connectivity index (χ1v) is 9.93. The van der Waals surface area contributed by atoms with Crippen LogP contribution in [-0.4, -0.2) is 22.2 Å². The number of benzene rings is 2. The SMILES string of the molecule is CC[C@H](C)Oc1ccc(/C=C2\SC(=O)N(Cc3ccccc3Cl)C2=O)cc1. The Morgan fingerprint density at radius 1 is 1.15 bits per heavy atom. The van der Waals surface area contributed by atoms with Crippen LogP contribution in [0.1, 0.15) is 31.4 Å². The van der Waals surface area contributed by atoms with E-state index >= 15 is 0 Å². The minimum atomic E-state index is -0.301. The fourth-order valence-corrected chi connectivity index (χ4v) is 3.58. The number of imide groups is 1. The predicted octanol–water partition coefficient (Wildman–Crippen LogP) is 5.75. The van der Waals surface area contributed by atoms with Crippen LogP contribution in [0.3, 0.4) is 0 Å². The Labute approximate surface area is 168 Å². The summed E-state index contributed by atoms with van der Waals surface area (Å²) in [5.41, 5.74) is 1.59. The molecule has 1 heterocycles. The van der Waals surface area contributed by atoms with Gasteiger partial charge in [0.25, 0.3) is 11.1 Å². The van der Waals surface area contributed by atoms with Crippen LogP contribution in [0.5, 0.6) is 5.75 Å². The van der Waals surface area contributed by atoms with E-state index in [-0.39, 0.29) is 23.8 Å². The van der Waals surface area contributed by atoms with Crippen molar-refractivity contribution >= 4 is 40.6 Å². The summed E-state index contributed by atoms with van der Waals surface area (Å²) in [4.78, 5) is 26.5. The van der Waals surface area contributed by atoms with Gasteiger partial charge in [-0.3, -0.25) is 14.5 Å². The molecule has 2 aromatic rings. The van der Waals surface area contributed by atoms with Crippen LogP contribution in [0, 0.1) is 0 Å². The zero-order chi connectivity index (χ0) is 19.4. The molecule has 1 fully saturated rings. The molecule has 6 heteroatoms. The summed E-state index contributed by atoms with van der Waals surface area (Å²) in [7, 11) is 0. The van der Waals surface area contributed by atoms with Crippen molar-refractivity contribution in [3.8, 4) is 5.75 Å². The van der Waals surface area contributed by atoms with E-state index in [2.05, 4.69) is 6.92 Å². The van der Waals surface area contributed by atoms with Gasteiger partial charge in [-0.05, 0) is 60.5 Å². The van der Waals surface area contributed by atoms with Gasteiger partial charge in [0, 0.05) is 5.02 Å². The highest BCUT2D eigenvalue weighted by Crippen LogP contribution is 2.34. The highest BCUT2D eigenvalue weighted by Gasteiger charge is 2.35. The molecule has 1 aliphatic rings. The number of carbonyl (C=O) groups excluding carboxylic acids is 2. The van der Waals surface area contributed by atoms with Crippen LogP contribution in [-0.2, 0) is 11.3 Å². The van der Waals surface area contributed by atoms with Gasteiger partial charge in [0.2, 0.25) is 0 Å². The normalized spacial score (nSPS) is 16.9. The molecule has 2 amide bonds. The molecule has 140 valence electrons. The molecule has 27 heavy (non-hydrogen) atoms. The molecular formula is C21H20ClNO3S. The maximum atomic E-state index is 12.6. The molecule has 2 aromatic carbocycles. The Morgan fingerprint density at radius 3 is 2.52 bits per heavy atom. The zero-order valence-electron chi connectivity index (χ0n) is 15.1. The van der Waals surface area contributed by atoms with E-state index in [9.17, 15) is 9.59 Å². The van der Waals surface area contributed by atoms with Crippen molar-refractivity contribution in [3.05, 3.63) is 69.6 Å². The van der Waals surface area contributed by atoms with E-state index in [0.717, 1.165) is 35.1 Å². The van der Waals surface area contributed by atoms with E-state index in [0.29, 0.717) is 9.93 Å². The fourth-order valence-electron chi connectivity index (χ4n) is 2.54. The monoisotopic (exact) mass is 401 g/mol. The van der Waals surface area contributed by atoms with Gasteiger partial charge in [-0.25, -0.2) is 0 Å². The molecule has 0 bridgehead atoms. The smallest absolute Gasteiger partial charge is 0.293 e. The van der Waals surface area contributed by atoms with Crippen molar-refractivity contribution in [2.45, 2.75) is 32.9 Å². The summed E-state index contributed by atoms with van der Waals surface area (Å²) in [6.45, 7) is 4.25. The molecule has 0 aliphatic carbocycles.